The van der Waals surface area contributed by atoms with Gasteiger partial charge in [-0.15, -0.1) is 0 Å². The van der Waals surface area contributed by atoms with Crippen LogP contribution in [0.25, 0.3) is 0 Å². The van der Waals surface area contributed by atoms with Gasteiger partial charge in [0.2, 0.25) is 0 Å². The number of carboxylic acids is 1. The Morgan fingerprint density at radius 1 is 1.22 bits per heavy atom. The normalized spacial score (nSPS) is 22.9. The number of aliphatic carboxylic acids is 1. The van der Waals surface area contributed by atoms with Crippen LogP contribution in [0, 0.1) is 15.4 Å². The monoisotopic (exact) mass is 358 g/mol. The van der Waals surface area contributed by atoms with Crippen molar-refractivity contribution >= 4 is 34.3 Å². The van der Waals surface area contributed by atoms with Gasteiger partial charge in [-0.05, 0) is 59.9 Å². The fourth-order valence-corrected chi connectivity index (χ4v) is 2.86. The molecule has 0 amide bonds. The van der Waals surface area contributed by atoms with Gasteiger partial charge in [0, 0.05) is 15.6 Å². The zero-order valence-corrected chi connectivity index (χ0v) is 12.1. The third kappa shape index (κ3) is 3.31. The Balaban J connectivity index is 1.92. The topological polar surface area (TPSA) is 54.4 Å². The first kappa shape index (κ1) is 13.5. The Morgan fingerprint density at radius 2 is 1.89 bits per heavy atom. The summed E-state index contributed by atoms with van der Waals surface area (Å²) < 4.78 is 1.11. The van der Waals surface area contributed by atoms with Crippen molar-refractivity contribution in [3.63, 3.8) is 0 Å². The summed E-state index contributed by atoms with van der Waals surface area (Å²) in [6.45, 7) is 0. The van der Waals surface area contributed by atoms with Crippen LogP contribution in [0.4, 0.5) is 0 Å². The van der Waals surface area contributed by atoms with Gasteiger partial charge in [0.05, 0.1) is 5.92 Å². The fraction of sp³-hybridized carbons (Fsp3) is 0.429. The highest BCUT2D eigenvalue weighted by molar-refractivity contribution is 14.1. The summed E-state index contributed by atoms with van der Waals surface area (Å²) in [6.07, 6.45) is 2.68. The number of carboxylic acid groups (broad SMARTS) is 1. The maximum absolute atomic E-state index is 12.0. The van der Waals surface area contributed by atoms with Crippen LogP contribution in [0.15, 0.2) is 24.3 Å². The van der Waals surface area contributed by atoms with E-state index in [4.69, 9.17) is 5.11 Å². The Labute approximate surface area is 120 Å². The molecule has 0 radical (unpaired) electrons. The molecule has 1 aliphatic carbocycles. The molecule has 0 aliphatic heterocycles. The van der Waals surface area contributed by atoms with Crippen molar-refractivity contribution in [3.05, 3.63) is 33.4 Å². The summed E-state index contributed by atoms with van der Waals surface area (Å²) in [6, 6.07) is 7.52. The molecule has 1 aliphatic rings. The number of benzene rings is 1. The summed E-state index contributed by atoms with van der Waals surface area (Å²) in [5.41, 5.74) is 0.731. The maximum atomic E-state index is 12.0. The molecule has 1 aromatic carbocycles. The second-order valence-corrected chi connectivity index (χ2v) is 6.09. The summed E-state index contributed by atoms with van der Waals surface area (Å²) in [4.78, 5) is 22.9. The molecular weight excluding hydrogens is 343 g/mol. The summed E-state index contributed by atoms with van der Waals surface area (Å²) in [5.74, 6) is -0.612. The molecule has 18 heavy (non-hydrogen) atoms. The second kappa shape index (κ2) is 5.82. The van der Waals surface area contributed by atoms with Crippen LogP contribution in [0.1, 0.15) is 36.0 Å². The van der Waals surface area contributed by atoms with Crippen LogP contribution in [0.5, 0.6) is 0 Å². The minimum Gasteiger partial charge on any atom is -0.481 e. The zero-order valence-electron chi connectivity index (χ0n) is 9.93. The van der Waals surface area contributed by atoms with Crippen molar-refractivity contribution in [2.24, 2.45) is 11.8 Å². The Bertz CT molecular complexity index is 453. The van der Waals surface area contributed by atoms with Crippen molar-refractivity contribution in [1.29, 1.82) is 0 Å². The van der Waals surface area contributed by atoms with Crippen molar-refractivity contribution in [2.45, 2.75) is 25.7 Å². The summed E-state index contributed by atoms with van der Waals surface area (Å²) in [7, 11) is 0. The number of ketones is 1. The highest BCUT2D eigenvalue weighted by atomic mass is 127. The minimum atomic E-state index is -0.723. The van der Waals surface area contributed by atoms with Gasteiger partial charge in [0.1, 0.15) is 0 Å². The lowest BCUT2D eigenvalue weighted by molar-refractivity contribution is -0.141. The maximum Gasteiger partial charge on any atom is 0.306 e. The molecule has 0 aromatic heterocycles. The second-order valence-electron chi connectivity index (χ2n) is 4.85. The number of hydrogen-bond acceptors (Lipinski definition) is 2. The molecule has 0 saturated heterocycles. The first-order valence-electron chi connectivity index (χ1n) is 6.08. The summed E-state index contributed by atoms with van der Waals surface area (Å²) in [5, 5.41) is 8.93. The molecule has 0 spiro atoms. The van der Waals surface area contributed by atoms with Crippen molar-refractivity contribution in [2.75, 3.05) is 0 Å². The molecule has 0 bridgehead atoms. The first-order valence-corrected chi connectivity index (χ1v) is 7.15. The molecule has 96 valence electrons. The van der Waals surface area contributed by atoms with E-state index in [1.54, 1.807) is 0 Å². The smallest absolute Gasteiger partial charge is 0.306 e. The number of Topliss-reactive ketones (excluding diaryl/α,β-unsaturated/α-hetero) is 1. The van der Waals surface area contributed by atoms with E-state index in [1.807, 2.05) is 24.3 Å². The Morgan fingerprint density at radius 3 is 2.44 bits per heavy atom. The van der Waals surface area contributed by atoms with Crippen molar-refractivity contribution < 1.29 is 14.7 Å². The number of rotatable bonds is 4. The largest absolute Gasteiger partial charge is 0.481 e. The number of halogens is 1. The molecule has 1 aromatic rings. The van der Waals surface area contributed by atoms with Gasteiger partial charge in [-0.2, -0.15) is 0 Å². The summed E-state index contributed by atoms with van der Waals surface area (Å²) >= 11 is 2.20. The Hall–Kier alpha value is -0.910. The highest BCUT2D eigenvalue weighted by Gasteiger charge is 2.30. The standard InChI is InChI=1S/C14H15IO3/c15-12-5-3-10(4-6-12)13(16)8-9-1-2-11(7-9)14(17)18/h3-6,9,11H,1-2,7-8H2,(H,17,18)/t9-,11+/m0/s1. The minimum absolute atomic E-state index is 0.127. The quantitative estimate of drug-likeness (QED) is 0.663. The van der Waals surface area contributed by atoms with Crippen LogP contribution >= 0.6 is 22.6 Å². The van der Waals surface area contributed by atoms with Crippen LogP contribution in [0.2, 0.25) is 0 Å². The lowest BCUT2D eigenvalue weighted by atomic mass is 9.96. The molecule has 1 saturated carbocycles. The average Bonchev–Trinajstić information content (AvgIpc) is 2.78. The zero-order chi connectivity index (χ0) is 13.1. The predicted octanol–water partition coefficient (Wildman–Crippen LogP) is 3.36. The van der Waals surface area contributed by atoms with Gasteiger partial charge in [-0.1, -0.05) is 12.1 Å². The lowest BCUT2D eigenvalue weighted by Gasteiger charge is -2.08. The molecule has 0 heterocycles. The SMILES string of the molecule is O=C(C[C@H]1CC[C@@H](C(=O)O)C1)c1ccc(I)cc1. The third-order valence-corrected chi connectivity index (χ3v) is 4.25. The molecule has 1 N–H and O–H groups in total. The van der Waals surface area contributed by atoms with Crippen LogP contribution in [0.3, 0.4) is 0 Å². The van der Waals surface area contributed by atoms with Gasteiger partial charge in [0.15, 0.2) is 5.78 Å². The van der Waals surface area contributed by atoms with Gasteiger partial charge in [-0.3, -0.25) is 9.59 Å². The lowest BCUT2D eigenvalue weighted by Crippen LogP contribution is -2.11. The van der Waals surface area contributed by atoms with E-state index in [-0.39, 0.29) is 17.6 Å². The van der Waals surface area contributed by atoms with Gasteiger partial charge < -0.3 is 5.11 Å². The molecule has 0 unspecified atom stereocenters. The van der Waals surface area contributed by atoms with Crippen molar-refractivity contribution in [1.82, 2.24) is 0 Å². The van der Waals surface area contributed by atoms with Crippen LogP contribution < -0.4 is 0 Å². The fourth-order valence-electron chi connectivity index (χ4n) is 2.50. The van der Waals surface area contributed by atoms with Crippen LogP contribution in [-0.2, 0) is 4.79 Å². The average molecular weight is 358 g/mol. The van der Waals surface area contributed by atoms with E-state index in [2.05, 4.69) is 22.6 Å². The van der Waals surface area contributed by atoms with Crippen molar-refractivity contribution in [3.8, 4) is 0 Å². The molecule has 3 nitrogen and oxygen atoms in total. The number of hydrogen-bond donors (Lipinski definition) is 1. The number of carbonyl (C=O) groups excluding carboxylic acids is 1. The molecule has 2 atom stereocenters. The van der Waals surface area contributed by atoms with Crippen LogP contribution in [-0.4, -0.2) is 16.9 Å². The van der Waals surface area contributed by atoms with E-state index in [0.29, 0.717) is 19.3 Å². The Kier molecular flexibility index (Phi) is 4.37. The third-order valence-electron chi connectivity index (χ3n) is 3.53. The molecule has 1 fully saturated rings. The number of carbonyl (C=O) groups is 2. The van der Waals surface area contributed by atoms with Gasteiger partial charge in [0.25, 0.3) is 0 Å². The molecule has 4 heteroatoms. The highest BCUT2D eigenvalue weighted by Crippen LogP contribution is 2.33. The molecule has 2 rings (SSSR count). The van der Waals surface area contributed by atoms with E-state index in [1.165, 1.54) is 0 Å². The van der Waals surface area contributed by atoms with E-state index in [0.717, 1.165) is 15.6 Å². The van der Waals surface area contributed by atoms with E-state index >= 15 is 0 Å². The van der Waals surface area contributed by atoms with E-state index < -0.39 is 5.97 Å². The predicted molar refractivity (Wildman–Crippen MR) is 76.6 cm³/mol. The van der Waals surface area contributed by atoms with Gasteiger partial charge >= 0.3 is 5.97 Å². The van der Waals surface area contributed by atoms with E-state index in [9.17, 15) is 9.59 Å². The molecular formula is C14H15IO3. The first-order chi connectivity index (χ1) is 8.56. The van der Waals surface area contributed by atoms with Gasteiger partial charge in [-0.25, -0.2) is 0 Å².